The molecular weight excluding hydrogens is 356 g/mol. The third-order valence-corrected chi connectivity index (χ3v) is 4.31. The first-order valence-electron chi connectivity index (χ1n) is 6.14. The lowest BCUT2D eigenvalue weighted by molar-refractivity contribution is 0.0471. The standard InChI is InChI=1S/C15H13BrO4S/c1-8-5-11(9(2)21-8)14(18)7-20-15(19)12-6-10(16)3-4-13(12)17/h3-6,17H,7H2,1-2H3. The summed E-state index contributed by atoms with van der Waals surface area (Å²) in [5.41, 5.74) is 0.596. The summed E-state index contributed by atoms with van der Waals surface area (Å²) in [7, 11) is 0. The summed E-state index contributed by atoms with van der Waals surface area (Å²) >= 11 is 4.73. The van der Waals surface area contributed by atoms with Crippen LogP contribution in [-0.4, -0.2) is 23.5 Å². The maximum Gasteiger partial charge on any atom is 0.342 e. The smallest absolute Gasteiger partial charge is 0.342 e. The van der Waals surface area contributed by atoms with Gasteiger partial charge >= 0.3 is 5.97 Å². The van der Waals surface area contributed by atoms with Crippen molar-refractivity contribution in [1.29, 1.82) is 0 Å². The Labute approximate surface area is 134 Å². The molecule has 0 aliphatic heterocycles. The van der Waals surface area contributed by atoms with Crippen LogP contribution in [0.25, 0.3) is 0 Å². The number of ketones is 1. The SMILES string of the molecule is Cc1cc(C(=O)COC(=O)c2cc(Br)ccc2O)c(C)s1. The van der Waals surface area contributed by atoms with Crippen molar-refractivity contribution >= 4 is 39.0 Å². The molecule has 0 aliphatic rings. The zero-order valence-electron chi connectivity index (χ0n) is 11.5. The number of hydrogen-bond acceptors (Lipinski definition) is 5. The van der Waals surface area contributed by atoms with E-state index in [1.807, 2.05) is 13.8 Å². The van der Waals surface area contributed by atoms with Crippen LogP contribution >= 0.6 is 27.3 Å². The van der Waals surface area contributed by atoms with Crippen LogP contribution in [0.5, 0.6) is 5.75 Å². The fraction of sp³-hybridized carbons (Fsp3) is 0.200. The van der Waals surface area contributed by atoms with Gasteiger partial charge in [-0.05, 0) is 38.1 Å². The molecule has 0 atom stereocenters. The Morgan fingerprint density at radius 1 is 1.24 bits per heavy atom. The van der Waals surface area contributed by atoms with Crippen LogP contribution in [0.1, 0.15) is 30.5 Å². The molecule has 0 spiro atoms. The lowest BCUT2D eigenvalue weighted by Crippen LogP contribution is -2.14. The van der Waals surface area contributed by atoms with E-state index in [1.165, 1.54) is 23.5 Å². The second-order valence-electron chi connectivity index (χ2n) is 4.49. The second kappa shape index (κ2) is 6.41. The van der Waals surface area contributed by atoms with Crippen molar-refractivity contribution in [3.05, 3.63) is 49.6 Å². The summed E-state index contributed by atoms with van der Waals surface area (Å²) in [5.74, 6) is -1.16. The zero-order valence-corrected chi connectivity index (χ0v) is 13.9. The minimum absolute atomic E-state index is 0.0235. The van der Waals surface area contributed by atoms with E-state index >= 15 is 0 Å². The molecule has 0 bridgehead atoms. The Hall–Kier alpha value is -1.66. The Balaban J connectivity index is 2.06. The zero-order chi connectivity index (χ0) is 15.6. The number of thiophene rings is 1. The molecule has 2 aromatic rings. The van der Waals surface area contributed by atoms with E-state index in [2.05, 4.69) is 15.9 Å². The molecule has 0 amide bonds. The predicted molar refractivity (Wildman–Crippen MR) is 84.2 cm³/mol. The number of phenols is 1. The molecule has 0 radical (unpaired) electrons. The molecule has 110 valence electrons. The van der Waals surface area contributed by atoms with Gasteiger partial charge in [0.1, 0.15) is 11.3 Å². The molecule has 4 nitrogen and oxygen atoms in total. The van der Waals surface area contributed by atoms with Crippen molar-refractivity contribution < 1.29 is 19.4 Å². The molecule has 1 heterocycles. The van der Waals surface area contributed by atoms with E-state index in [4.69, 9.17) is 4.74 Å². The van der Waals surface area contributed by atoms with Gasteiger partial charge in [-0.3, -0.25) is 4.79 Å². The number of carbonyl (C=O) groups excluding carboxylic acids is 2. The van der Waals surface area contributed by atoms with Crippen LogP contribution in [0.15, 0.2) is 28.7 Å². The summed E-state index contributed by atoms with van der Waals surface area (Å²) in [6.45, 7) is 3.43. The lowest BCUT2D eigenvalue weighted by atomic mass is 10.1. The second-order valence-corrected chi connectivity index (χ2v) is 6.86. The van der Waals surface area contributed by atoms with Gasteiger partial charge in [0.15, 0.2) is 6.61 Å². The van der Waals surface area contributed by atoms with Crippen molar-refractivity contribution in [2.24, 2.45) is 0 Å². The molecule has 1 N–H and O–H groups in total. The summed E-state index contributed by atoms with van der Waals surface area (Å²) in [6.07, 6.45) is 0. The van der Waals surface area contributed by atoms with E-state index in [-0.39, 0.29) is 23.7 Å². The van der Waals surface area contributed by atoms with Gasteiger partial charge in [-0.15, -0.1) is 11.3 Å². The third kappa shape index (κ3) is 3.71. The number of hydrogen-bond donors (Lipinski definition) is 1. The van der Waals surface area contributed by atoms with Crippen molar-refractivity contribution in [1.82, 2.24) is 0 Å². The maximum absolute atomic E-state index is 12.0. The van der Waals surface area contributed by atoms with Crippen LogP contribution in [0, 0.1) is 13.8 Å². The highest BCUT2D eigenvalue weighted by Gasteiger charge is 2.17. The Bertz CT molecular complexity index is 706. The van der Waals surface area contributed by atoms with Crippen molar-refractivity contribution in [2.45, 2.75) is 13.8 Å². The normalized spacial score (nSPS) is 10.4. The van der Waals surface area contributed by atoms with Crippen LogP contribution in [0.4, 0.5) is 0 Å². The van der Waals surface area contributed by atoms with Gasteiger partial charge in [0.25, 0.3) is 0 Å². The molecule has 0 unspecified atom stereocenters. The molecule has 0 aliphatic carbocycles. The summed E-state index contributed by atoms with van der Waals surface area (Å²) in [6, 6.07) is 6.22. The van der Waals surface area contributed by atoms with Crippen LogP contribution in [0.2, 0.25) is 0 Å². The van der Waals surface area contributed by atoms with Gasteiger partial charge in [0, 0.05) is 19.8 Å². The average molecular weight is 369 g/mol. The largest absolute Gasteiger partial charge is 0.507 e. The summed E-state index contributed by atoms with van der Waals surface area (Å²) in [4.78, 5) is 25.9. The first kappa shape index (κ1) is 15.7. The van der Waals surface area contributed by atoms with E-state index in [9.17, 15) is 14.7 Å². The molecular formula is C15H13BrO4S. The lowest BCUT2D eigenvalue weighted by Gasteiger charge is -2.06. The van der Waals surface area contributed by atoms with E-state index < -0.39 is 5.97 Å². The Morgan fingerprint density at radius 2 is 1.95 bits per heavy atom. The van der Waals surface area contributed by atoms with Gasteiger partial charge in [-0.25, -0.2) is 4.79 Å². The first-order chi connectivity index (χ1) is 9.88. The highest BCUT2D eigenvalue weighted by Crippen LogP contribution is 2.23. The minimum atomic E-state index is -0.730. The highest BCUT2D eigenvalue weighted by atomic mass is 79.9. The topological polar surface area (TPSA) is 63.6 Å². The molecule has 6 heteroatoms. The number of benzene rings is 1. The average Bonchev–Trinajstić information content (AvgIpc) is 2.77. The van der Waals surface area contributed by atoms with Gasteiger partial charge in [0.05, 0.1) is 0 Å². The van der Waals surface area contributed by atoms with Crippen LogP contribution in [0.3, 0.4) is 0 Å². The monoisotopic (exact) mass is 368 g/mol. The minimum Gasteiger partial charge on any atom is -0.507 e. The molecule has 0 saturated heterocycles. The number of rotatable bonds is 4. The predicted octanol–water partition coefficient (Wildman–Crippen LogP) is 3.87. The number of aromatic hydroxyl groups is 1. The number of aryl methyl sites for hydroxylation is 2. The molecule has 0 saturated carbocycles. The van der Waals surface area contributed by atoms with Gasteiger partial charge < -0.3 is 9.84 Å². The van der Waals surface area contributed by atoms with Crippen LogP contribution < -0.4 is 0 Å². The number of phenolic OH excluding ortho intramolecular Hbond substituents is 1. The number of esters is 1. The summed E-state index contributed by atoms with van der Waals surface area (Å²) < 4.78 is 5.62. The van der Waals surface area contributed by atoms with Crippen molar-refractivity contribution in [3.8, 4) is 5.75 Å². The van der Waals surface area contributed by atoms with E-state index in [1.54, 1.807) is 12.1 Å². The number of Topliss-reactive ketones (excluding diaryl/α,β-unsaturated/α-hetero) is 1. The fourth-order valence-electron chi connectivity index (χ4n) is 1.87. The number of carbonyl (C=O) groups is 2. The Morgan fingerprint density at radius 3 is 2.57 bits per heavy atom. The Kier molecular flexibility index (Phi) is 4.80. The highest BCUT2D eigenvalue weighted by molar-refractivity contribution is 9.10. The fourth-order valence-corrected chi connectivity index (χ4v) is 3.17. The number of ether oxygens (including phenoxy) is 1. The molecule has 2 rings (SSSR count). The third-order valence-electron chi connectivity index (χ3n) is 2.85. The first-order valence-corrected chi connectivity index (χ1v) is 7.75. The number of halogens is 1. The quantitative estimate of drug-likeness (QED) is 0.656. The van der Waals surface area contributed by atoms with Gasteiger partial charge in [-0.1, -0.05) is 15.9 Å². The molecule has 1 aromatic heterocycles. The van der Waals surface area contributed by atoms with Crippen molar-refractivity contribution in [2.75, 3.05) is 6.61 Å². The molecule has 21 heavy (non-hydrogen) atoms. The van der Waals surface area contributed by atoms with Crippen molar-refractivity contribution in [3.63, 3.8) is 0 Å². The van der Waals surface area contributed by atoms with Crippen LogP contribution in [-0.2, 0) is 4.74 Å². The molecule has 0 fully saturated rings. The summed E-state index contributed by atoms with van der Waals surface area (Å²) in [5, 5.41) is 9.63. The molecule has 1 aromatic carbocycles. The van der Waals surface area contributed by atoms with E-state index in [0.29, 0.717) is 10.0 Å². The van der Waals surface area contributed by atoms with E-state index in [0.717, 1.165) is 9.75 Å². The maximum atomic E-state index is 12.0. The van der Waals surface area contributed by atoms with Gasteiger partial charge in [0.2, 0.25) is 5.78 Å². The van der Waals surface area contributed by atoms with Gasteiger partial charge in [-0.2, -0.15) is 0 Å².